The average Bonchev–Trinajstić information content (AvgIpc) is 2.59. The van der Waals surface area contributed by atoms with Gasteiger partial charge >= 0.3 is 0 Å². The van der Waals surface area contributed by atoms with Gasteiger partial charge in [-0.1, -0.05) is 12.1 Å². The molecule has 0 aliphatic rings. The van der Waals surface area contributed by atoms with Crippen molar-refractivity contribution >= 4 is 29.5 Å². The number of carbonyl (C=O) groups is 3. The highest BCUT2D eigenvalue weighted by Gasteiger charge is 2.06. The Labute approximate surface area is 143 Å². The Kier molecular flexibility index (Phi) is 6.00. The molecule has 0 aliphatic carbocycles. The number of anilines is 1. The van der Waals surface area contributed by atoms with Crippen molar-refractivity contribution in [3.05, 3.63) is 71.6 Å². The monoisotopic (exact) mass is 341 g/mol. The lowest BCUT2D eigenvalue weighted by atomic mass is 10.2. The van der Waals surface area contributed by atoms with Gasteiger partial charge in [-0.05, 0) is 48.0 Å². The van der Waals surface area contributed by atoms with Gasteiger partial charge in [-0.3, -0.25) is 25.2 Å². The van der Waals surface area contributed by atoms with Crippen LogP contribution in [0.2, 0.25) is 0 Å². The van der Waals surface area contributed by atoms with Crippen LogP contribution in [-0.2, 0) is 9.59 Å². The molecule has 0 atom stereocenters. The Morgan fingerprint density at radius 3 is 2.16 bits per heavy atom. The van der Waals surface area contributed by atoms with Crippen LogP contribution in [-0.4, -0.2) is 17.7 Å². The summed E-state index contributed by atoms with van der Waals surface area (Å²) >= 11 is 0. The highest BCUT2D eigenvalue weighted by Crippen LogP contribution is 2.09. The number of carbonyl (C=O) groups excluding carboxylic acids is 3. The Bertz CT molecular complexity index is 799. The third kappa shape index (κ3) is 5.91. The van der Waals surface area contributed by atoms with E-state index in [1.54, 1.807) is 12.1 Å². The summed E-state index contributed by atoms with van der Waals surface area (Å²) in [5, 5.41) is 2.58. The Morgan fingerprint density at radius 2 is 1.56 bits per heavy atom. The standard InChI is InChI=1S/C18H16FN3O3/c1-12(23)20-16-9-5-14(6-10-16)18(25)22-21-17(24)11-4-13-2-7-15(19)8-3-13/h2-11H,1H3,(H,20,23)(H,21,24)(H,22,25)/b11-4+. The first kappa shape index (κ1) is 17.9. The zero-order valence-electron chi connectivity index (χ0n) is 13.4. The number of hydrogen-bond donors (Lipinski definition) is 3. The lowest BCUT2D eigenvalue weighted by Gasteiger charge is -2.06. The van der Waals surface area contributed by atoms with E-state index in [0.717, 1.165) is 0 Å². The van der Waals surface area contributed by atoms with E-state index in [0.29, 0.717) is 16.8 Å². The molecule has 25 heavy (non-hydrogen) atoms. The number of amides is 3. The molecule has 0 bridgehead atoms. The summed E-state index contributed by atoms with van der Waals surface area (Å²) in [4.78, 5) is 34.5. The minimum Gasteiger partial charge on any atom is -0.326 e. The second-order valence-electron chi connectivity index (χ2n) is 5.09. The molecule has 2 rings (SSSR count). The number of hydrazine groups is 1. The molecule has 0 saturated heterocycles. The number of benzene rings is 2. The fourth-order valence-electron chi connectivity index (χ4n) is 1.89. The van der Waals surface area contributed by atoms with Crippen molar-refractivity contribution in [2.45, 2.75) is 6.92 Å². The zero-order chi connectivity index (χ0) is 18.2. The fraction of sp³-hybridized carbons (Fsp3) is 0.0556. The Morgan fingerprint density at radius 1 is 0.920 bits per heavy atom. The van der Waals surface area contributed by atoms with E-state index >= 15 is 0 Å². The van der Waals surface area contributed by atoms with E-state index in [1.165, 1.54) is 55.5 Å². The van der Waals surface area contributed by atoms with Crippen LogP contribution in [0.1, 0.15) is 22.8 Å². The molecule has 0 saturated carbocycles. The first-order chi connectivity index (χ1) is 11.9. The normalized spacial score (nSPS) is 10.3. The molecular formula is C18H16FN3O3. The third-order valence-electron chi connectivity index (χ3n) is 3.06. The molecule has 3 N–H and O–H groups in total. The first-order valence-electron chi connectivity index (χ1n) is 7.35. The molecule has 2 aromatic rings. The van der Waals surface area contributed by atoms with Crippen molar-refractivity contribution in [2.24, 2.45) is 0 Å². The van der Waals surface area contributed by atoms with Crippen LogP contribution in [0.5, 0.6) is 0 Å². The molecular weight excluding hydrogens is 325 g/mol. The van der Waals surface area contributed by atoms with E-state index in [9.17, 15) is 18.8 Å². The van der Waals surface area contributed by atoms with Gasteiger partial charge in [0.05, 0.1) is 0 Å². The minimum absolute atomic E-state index is 0.211. The molecule has 0 heterocycles. The van der Waals surface area contributed by atoms with Crippen LogP contribution in [0.15, 0.2) is 54.6 Å². The van der Waals surface area contributed by atoms with Gasteiger partial charge in [-0.15, -0.1) is 0 Å². The van der Waals surface area contributed by atoms with E-state index in [-0.39, 0.29) is 11.7 Å². The SMILES string of the molecule is CC(=O)Nc1ccc(C(=O)NNC(=O)/C=C/c2ccc(F)cc2)cc1. The van der Waals surface area contributed by atoms with Gasteiger partial charge in [0.15, 0.2) is 0 Å². The van der Waals surface area contributed by atoms with Gasteiger partial charge < -0.3 is 5.32 Å². The van der Waals surface area contributed by atoms with Gasteiger partial charge in [-0.2, -0.15) is 0 Å². The quantitative estimate of drug-likeness (QED) is 0.589. The molecule has 7 heteroatoms. The van der Waals surface area contributed by atoms with Crippen LogP contribution < -0.4 is 16.2 Å². The van der Waals surface area contributed by atoms with Crippen LogP contribution in [0, 0.1) is 5.82 Å². The van der Waals surface area contributed by atoms with Crippen molar-refractivity contribution in [3.8, 4) is 0 Å². The summed E-state index contributed by atoms with van der Waals surface area (Å²) in [6, 6.07) is 11.8. The van der Waals surface area contributed by atoms with E-state index in [4.69, 9.17) is 0 Å². The summed E-state index contributed by atoms with van der Waals surface area (Å²) in [6.45, 7) is 1.38. The maximum absolute atomic E-state index is 12.8. The minimum atomic E-state index is -0.535. The van der Waals surface area contributed by atoms with E-state index < -0.39 is 11.8 Å². The maximum atomic E-state index is 12.8. The average molecular weight is 341 g/mol. The lowest BCUT2D eigenvalue weighted by molar-refractivity contribution is -0.117. The van der Waals surface area contributed by atoms with E-state index in [1.807, 2.05) is 0 Å². The van der Waals surface area contributed by atoms with Gasteiger partial charge in [-0.25, -0.2) is 4.39 Å². The smallest absolute Gasteiger partial charge is 0.269 e. The molecule has 3 amide bonds. The highest BCUT2D eigenvalue weighted by molar-refractivity contribution is 5.98. The fourth-order valence-corrected chi connectivity index (χ4v) is 1.89. The summed E-state index contributed by atoms with van der Waals surface area (Å²) < 4.78 is 12.8. The Balaban J connectivity index is 1.85. The predicted octanol–water partition coefficient (Wildman–Crippen LogP) is 2.26. The first-order valence-corrected chi connectivity index (χ1v) is 7.35. The lowest BCUT2D eigenvalue weighted by Crippen LogP contribution is -2.40. The highest BCUT2D eigenvalue weighted by atomic mass is 19.1. The molecule has 0 unspecified atom stereocenters. The molecule has 2 aromatic carbocycles. The number of hydrogen-bond acceptors (Lipinski definition) is 3. The number of nitrogens with one attached hydrogen (secondary N) is 3. The molecule has 0 fully saturated rings. The van der Waals surface area contributed by atoms with Gasteiger partial charge in [0, 0.05) is 24.3 Å². The second-order valence-corrected chi connectivity index (χ2v) is 5.09. The topological polar surface area (TPSA) is 87.3 Å². The Hall–Kier alpha value is -3.48. The van der Waals surface area contributed by atoms with Gasteiger partial charge in [0.2, 0.25) is 5.91 Å². The third-order valence-corrected chi connectivity index (χ3v) is 3.06. The predicted molar refractivity (Wildman–Crippen MR) is 91.8 cm³/mol. The maximum Gasteiger partial charge on any atom is 0.269 e. The molecule has 0 spiro atoms. The van der Waals surface area contributed by atoms with Crippen molar-refractivity contribution in [1.29, 1.82) is 0 Å². The summed E-state index contributed by atoms with van der Waals surface area (Å²) in [6.07, 6.45) is 2.70. The molecule has 0 radical (unpaired) electrons. The van der Waals surface area contributed by atoms with Gasteiger partial charge in [0.1, 0.15) is 5.82 Å². The number of halogens is 1. The molecule has 0 aromatic heterocycles. The summed E-state index contributed by atoms with van der Waals surface area (Å²) in [7, 11) is 0. The summed E-state index contributed by atoms with van der Waals surface area (Å²) in [5.41, 5.74) is 6.04. The second kappa shape index (κ2) is 8.39. The van der Waals surface area contributed by atoms with Crippen molar-refractivity contribution < 1.29 is 18.8 Å². The van der Waals surface area contributed by atoms with Crippen molar-refractivity contribution in [2.75, 3.05) is 5.32 Å². The largest absolute Gasteiger partial charge is 0.326 e. The zero-order valence-corrected chi connectivity index (χ0v) is 13.4. The molecule has 0 aliphatic heterocycles. The van der Waals surface area contributed by atoms with Crippen molar-refractivity contribution in [1.82, 2.24) is 10.9 Å². The van der Waals surface area contributed by atoms with E-state index in [2.05, 4.69) is 16.2 Å². The van der Waals surface area contributed by atoms with Crippen LogP contribution >= 0.6 is 0 Å². The van der Waals surface area contributed by atoms with Crippen molar-refractivity contribution in [3.63, 3.8) is 0 Å². The number of rotatable bonds is 4. The van der Waals surface area contributed by atoms with Crippen LogP contribution in [0.4, 0.5) is 10.1 Å². The van der Waals surface area contributed by atoms with Gasteiger partial charge in [0.25, 0.3) is 11.8 Å². The molecule has 6 nitrogen and oxygen atoms in total. The van der Waals surface area contributed by atoms with Crippen LogP contribution in [0.3, 0.4) is 0 Å². The van der Waals surface area contributed by atoms with Crippen LogP contribution in [0.25, 0.3) is 6.08 Å². The molecule has 128 valence electrons. The summed E-state index contributed by atoms with van der Waals surface area (Å²) in [5.74, 6) is -1.61.